The van der Waals surface area contributed by atoms with Crippen LogP contribution in [0.4, 0.5) is 0 Å². The molecule has 0 fully saturated rings. The number of aromatic amines is 4. The van der Waals surface area contributed by atoms with Crippen molar-refractivity contribution in [2.45, 2.75) is 80.3 Å². The Kier molecular flexibility index (Phi) is 22.1. The number of hydrogen-bond acceptors (Lipinski definition) is 26. The van der Waals surface area contributed by atoms with Crippen LogP contribution in [0.3, 0.4) is 0 Å². The Morgan fingerprint density at radius 3 is 1.19 bits per heavy atom. The van der Waals surface area contributed by atoms with E-state index in [0.717, 1.165) is 74.0 Å². The average Bonchev–Trinajstić information content (AvgIpc) is 0.783. The highest BCUT2D eigenvalue weighted by Gasteiger charge is 2.23. The molecule has 0 saturated heterocycles. The molecule has 33 heteroatoms. The van der Waals surface area contributed by atoms with E-state index in [0.29, 0.717) is 85.0 Å². The molecule has 0 saturated carbocycles. The van der Waals surface area contributed by atoms with Crippen molar-refractivity contribution in [3.05, 3.63) is 286 Å². The van der Waals surface area contributed by atoms with Gasteiger partial charge in [-0.3, -0.25) is 57.8 Å². The van der Waals surface area contributed by atoms with Crippen molar-refractivity contribution in [1.29, 1.82) is 0 Å². The lowest BCUT2D eigenvalue weighted by molar-refractivity contribution is 0.409. The largest absolute Gasteiger partial charge is 0.495 e. The summed E-state index contributed by atoms with van der Waals surface area (Å²) in [7, 11) is 3.01. The van der Waals surface area contributed by atoms with Crippen LogP contribution in [0.15, 0.2) is 219 Å². The molecule has 12 aliphatic rings. The van der Waals surface area contributed by atoms with Crippen LogP contribution < -0.4 is 71.3 Å². The van der Waals surface area contributed by atoms with E-state index in [9.17, 15) is 52.7 Å². The molecule has 0 atom stereocenters. The molecule has 12 heterocycles. The summed E-state index contributed by atoms with van der Waals surface area (Å²) in [6.07, 6.45) is 3.29. The highest BCUT2D eigenvalue weighted by Crippen LogP contribution is 2.35. The minimum atomic E-state index is -0.731. The maximum Gasteiger partial charge on any atom is 0.353 e. The number of hydrogen-bond donors (Lipinski definition) is 4. The molecule has 0 radical (unpaired) electrons. The van der Waals surface area contributed by atoms with Gasteiger partial charge in [0.2, 0.25) is 40.1 Å². The molecule has 6 aromatic carbocycles. The Labute approximate surface area is 642 Å². The van der Waals surface area contributed by atoms with Gasteiger partial charge in [0, 0.05) is 51.5 Å². The number of methoxy groups -OCH3 is 2. The summed E-state index contributed by atoms with van der Waals surface area (Å²) in [5, 5.41) is 5.06. The summed E-state index contributed by atoms with van der Waals surface area (Å²) in [4.78, 5) is 160. The van der Waals surface area contributed by atoms with Crippen molar-refractivity contribution in [2.75, 3.05) is 14.2 Å². The lowest BCUT2D eigenvalue weighted by Gasteiger charge is -2.10. The fraction of sp³-hybridized carbons (Fsp3) is 0.175. The number of para-hydroxylation sites is 1. The van der Waals surface area contributed by atoms with E-state index in [4.69, 9.17) is 59.8 Å². The second-order valence-corrected chi connectivity index (χ2v) is 26.5. The minimum absolute atomic E-state index is 0.000694. The van der Waals surface area contributed by atoms with Gasteiger partial charge in [-0.15, -0.1) is 0 Å². The monoisotopic (exact) mass is 1560 g/mol. The fourth-order valence-corrected chi connectivity index (χ4v) is 12.3. The number of fused-ring (bicyclic) bond motifs is 12. The van der Waals surface area contributed by atoms with Crippen LogP contribution in [0.5, 0.6) is 11.5 Å². The number of ether oxygens (including phenoxy) is 2. The molecule has 0 spiro atoms. The van der Waals surface area contributed by atoms with Crippen LogP contribution in [0.2, 0.25) is 5.02 Å². The molecule has 6 aromatic rings. The summed E-state index contributed by atoms with van der Waals surface area (Å²) in [5.41, 5.74) is 3.72. The number of aromatic nitrogens is 12. The highest BCUT2D eigenvalue weighted by molar-refractivity contribution is 7.71. The Hall–Kier alpha value is -14.3. The number of benzene rings is 6. The first-order chi connectivity index (χ1) is 54.2. The second-order valence-electron chi connectivity index (χ2n) is 25.8. The normalized spacial score (nSPS) is 11.2. The zero-order valence-electron chi connectivity index (χ0n) is 61.1. The lowest BCUT2D eigenvalue weighted by atomic mass is 10.1. The zero-order valence-corrected chi connectivity index (χ0v) is 62.7. The quantitative estimate of drug-likeness (QED) is 0.0810. The van der Waals surface area contributed by atoms with Gasteiger partial charge in [0.25, 0.3) is 33.4 Å². The van der Waals surface area contributed by atoms with Crippen molar-refractivity contribution >= 4 is 89.6 Å². The van der Waals surface area contributed by atoms with Crippen molar-refractivity contribution in [3.8, 4) is 80.2 Å². The number of H-pyrrole nitrogens is 4. The van der Waals surface area contributed by atoms with Gasteiger partial charge >= 0.3 is 28.4 Å². The van der Waals surface area contributed by atoms with E-state index in [2.05, 4.69) is 49.8 Å². The molecule has 4 N–H and O–H groups in total. The maximum absolute atomic E-state index is 12.5. The van der Waals surface area contributed by atoms with Gasteiger partial charge in [0.15, 0.2) is 11.3 Å². The van der Waals surface area contributed by atoms with Crippen LogP contribution in [-0.2, 0) is 13.1 Å². The van der Waals surface area contributed by atoms with E-state index >= 15 is 0 Å². The Morgan fingerprint density at radius 1 is 0.372 bits per heavy atom. The molecule has 18 rings (SSSR count). The number of nitrogens with zero attached hydrogens (tertiary/aromatic N) is 8. The topological polar surface area (TPSA) is 435 Å². The van der Waals surface area contributed by atoms with Crippen LogP contribution in [0, 0.1) is 32.5 Å². The minimum Gasteiger partial charge on any atom is -0.495 e. The molecule has 31 nitrogen and oxygen atoms in total. The van der Waals surface area contributed by atoms with Gasteiger partial charge in [-0.2, -0.15) is 29.9 Å². The number of nitrogens with one attached hydrogen (secondary N) is 4. The lowest BCUT2D eigenvalue weighted by Crippen LogP contribution is -2.36. The van der Waals surface area contributed by atoms with Crippen LogP contribution in [-0.4, -0.2) is 73.2 Å². The second kappa shape index (κ2) is 32.5. The Bertz CT molecular complexity index is 7170. The summed E-state index contributed by atoms with van der Waals surface area (Å²) in [5.74, 6) is 1.50. The third-order valence-corrected chi connectivity index (χ3v) is 18.0. The third-order valence-electron chi connectivity index (χ3n) is 17.5. The molecule has 113 heavy (non-hydrogen) atoms. The average molecular weight is 1560 g/mol. The van der Waals surface area contributed by atoms with Gasteiger partial charge < -0.3 is 36.0 Å². The summed E-state index contributed by atoms with van der Waals surface area (Å²) in [6, 6.07) is 41.3. The Morgan fingerprint density at radius 2 is 0.735 bits per heavy atom. The molecule has 0 bridgehead atoms. The van der Waals surface area contributed by atoms with Crippen LogP contribution >= 0.6 is 23.8 Å². The van der Waals surface area contributed by atoms with Gasteiger partial charge in [0.1, 0.15) is 67.0 Å². The van der Waals surface area contributed by atoms with Crippen LogP contribution in [0.25, 0.3) is 135 Å². The summed E-state index contributed by atoms with van der Waals surface area (Å²) >= 11 is 11.0. The van der Waals surface area contributed by atoms with Crippen molar-refractivity contribution in [2.24, 2.45) is 0 Å². The van der Waals surface area contributed by atoms with Crippen molar-refractivity contribution in [1.82, 2.24) is 59.0 Å². The van der Waals surface area contributed by atoms with Crippen LogP contribution in [0.1, 0.15) is 61.8 Å². The molecule has 570 valence electrons. The fourth-order valence-electron chi connectivity index (χ4n) is 11.9. The Balaban J connectivity index is 0.000000119. The first-order valence-corrected chi connectivity index (χ1v) is 35.5. The highest BCUT2D eigenvalue weighted by atomic mass is 35.5. The predicted molar refractivity (Wildman–Crippen MR) is 424 cm³/mol. The van der Waals surface area contributed by atoms with E-state index < -0.39 is 50.7 Å². The summed E-state index contributed by atoms with van der Waals surface area (Å²) < 4.78 is 45.9. The van der Waals surface area contributed by atoms with E-state index in [1.807, 2.05) is 108 Å². The van der Waals surface area contributed by atoms with Gasteiger partial charge in [-0.25, -0.2) is 24.0 Å². The maximum atomic E-state index is 12.5. The number of aryl methyl sites for hydroxylation is 4. The van der Waals surface area contributed by atoms with Crippen molar-refractivity contribution in [3.63, 3.8) is 0 Å². The number of rotatable bonds is 8. The van der Waals surface area contributed by atoms with Gasteiger partial charge in [0.05, 0.1) is 19.2 Å². The zero-order chi connectivity index (χ0) is 80.2. The SMILES string of the molecule is CCCCn1c(=O)nc2oc3cc(C)ccc3cc-2c1=O.CCCCn1c(=O)nc2oc3cc(OC)c(Cl)cc3cc-2c1=O.COc1cccc2cc3c(=O)[nH]c(=O)nc-3oc12.Cc1ccc2cc3c(=O)[nH]c(=O)nc-3oc2c1.Cc1ccc2cc3c(=O)[nH]c(=S)nc-3oc2c1.Cc1ccc2oc3nc(=O)[nH]c(=O)c-3cc2c1. The molecule has 12 aliphatic heterocycles. The molecule has 0 aromatic heterocycles. The van der Waals surface area contributed by atoms with E-state index in [1.54, 1.807) is 72.8 Å². The third kappa shape index (κ3) is 16.7. The first kappa shape index (κ1) is 76.9. The predicted octanol–water partition coefficient (Wildman–Crippen LogP) is 11.7. The van der Waals surface area contributed by atoms with E-state index in [1.165, 1.54) is 18.8 Å². The molecule has 0 amide bonds. The first-order valence-electron chi connectivity index (χ1n) is 34.8. The number of halogens is 1. The standard InChI is InChI=1S/C16H15ClN2O4.C16H16N2O3.C12H8N2O4.2C12H8N2O3.C12H8N2O2S/c1-3-4-5-19-15(20)10-6-9-7-11(17)13(22-2)8-12(9)23-14(10)18-16(19)21;1-3-4-7-18-15(19)12-9-11-6-5-10(2)8-13(11)21-14(12)17-16(18)20;1-17-8-4-2-3-6-5-7-10(15)13-12(16)14-11(7)18-9(6)8;1-6-2-3-9-7(4-6)5-8-10(15)13-12(16)14-11(8)17-9;1-6-2-3-7-5-8-10(15)13-12(16)14-11(8)17-9(7)4-6;1-6-2-3-7-5-8-10(15)13-12(17)14-11(8)16-9(7)4-6/h6-8H,3-5H2,1-2H3;5-6,8-9H,3-4,7H2,1-2H3;2-5H,1H3,(H,13,15,16);2*2-5H,1H3,(H,13,15,16);2-5H,1H3,(H,13,15,17). The van der Waals surface area contributed by atoms with E-state index in [-0.39, 0.29) is 73.5 Å². The molecular weight excluding hydrogens is 1500 g/mol. The molecular formula is C80H63ClN12O19S. The van der Waals surface area contributed by atoms with Crippen molar-refractivity contribution < 1.29 is 36.0 Å². The number of unbranched alkanes of at least 4 members (excludes halogenated alkanes) is 2. The molecule has 0 aliphatic carbocycles. The summed E-state index contributed by atoms with van der Waals surface area (Å²) in [6.45, 7) is 12.5. The smallest absolute Gasteiger partial charge is 0.353 e. The van der Waals surface area contributed by atoms with Gasteiger partial charge in [-0.1, -0.05) is 98.5 Å². The molecule has 0 unspecified atom stereocenters. The van der Waals surface area contributed by atoms with Gasteiger partial charge in [-0.05, 0) is 148 Å².